The largest absolute Gasteiger partial charge is 0.492 e. The second-order valence-electron chi connectivity index (χ2n) is 4.10. The zero-order valence-electron chi connectivity index (χ0n) is 10.8. The third kappa shape index (κ3) is 5.33. The van der Waals surface area contributed by atoms with E-state index in [4.69, 9.17) is 4.84 Å². The Bertz CT molecular complexity index is 422. The van der Waals surface area contributed by atoms with Crippen molar-refractivity contribution < 1.29 is 24.6 Å². The Balaban J connectivity index is 2.17. The van der Waals surface area contributed by atoms with Gasteiger partial charge in [0.25, 0.3) is 0 Å². The highest BCUT2D eigenvalue weighted by Crippen LogP contribution is 2.18. The highest BCUT2D eigenvalue weighted by atomic mass is 16.7. The molecular weight excluding hydrogens is 252 g/mol. The van der Waals surface area contributed by atoms with Crippen LogP contribution in [0, 0.1) is 0 Å². The lowest BCUT2D eigenvalue weighted by atomic mass is 10.2. The lowest BCUT2D eigenvalue weighted by Crippen LogP contribution is -2.21. The molecule has 0 bridgehead atoms. The fraction of sp³-hybridized carbons (Fsp3) is 0.500. The quantitative estimate of drug-likeness (QED) is 0.628. The van der Waals surface area contributed by atoms with E-state index in [-0.39, 0.29) is 24.1 Å². The first-order valence-corrected chi connectivity index (χ1v) is 6.06. The molecule has 7 heteroatoms. The Morgan fingerprint density at radius 1 is 1.21 bits per heavy atom. The van der Waals surface area contributed by atoms with Crippen molar-refractivity contribution in [2.45, 2.75) is 32.6 Å². The maximum Gasteiger partial charge on any atom is 0.333 e. The molecule has 3 N–H and O–H groups in total. The molecule has 0 saturated carbocycles. The molecule has 0 atom stereocenters. The van der Waals surface area contributed by atoms with Crippen molar-refractivity contribution in [3.8, 4) is 11.8 Å². The van der Waals surface area contributed by atoms with E-state index in [9.17, 15) is 19.8 Å². The summed E-state index contributed by atoms with van der Waals surface area (Å²) in [6.07, 6.45) is 2.35. The van der Waals surface area contributed by atoms with Crippen LogP contribution in [0.1, 0.15) is 32.6 Å². The number of hydrogen-bond acceptors (Lipinski definition) is 5. The SMILES string of the molecule is CC(=O)NCCCCCC(=O)On1c(O)ccc1O. The summed E-state index contributed by atoms with van der Waals surface area (Å²) in [7, 11) is 0. The average molecular weight is 270 g/mol. The van der Waals surface area contributed by atoms with E-state index in [0.717, 1.165) is 12.8 Å². The monoisotopic (exact) mass is 270 g/mol. The third-order valence-electron chi connectivity index (χ3n) is 2.42. The van der Waals surface area contributed by atoms with E-state index in [1.807, 2.05) is 0 Å². The van der Waals surface area contributed by atoms with Crippen LogP contribution in [0.3, 0.4) is 0 Å². The molecule has 0 aliphatic heterocycles. The lowest BCUT2D eigenvalue weighted by Gasteiger charge is -2.06. The standard InChI is InChI=1S/C12H18N2O5/c1-9(15)13-8-4-2-3-5-12(18)19-14-10(16)6-7-11(14)17/h6-7,16-17H,2-5,8H2,1H3,(H,13,15). The molecule has 0 radical (unpaired) electrons. The predicted octanol–water partition coefficient (Wildman–Crippen LogP) is 0.551. The van der Waals surface area contributed by atoms with Crippen molar-refractivity contribution in [2.75, 3.05) is 6.54 Å². The van der Waals surface area contributed by atoms with E-state index in [2.05, 4.69) is 5.32 Å². The van der Waals surface area contributed by atoms with E-state index in [0.29, 0.717) is 17.7 Å². The number of hydrogen-bond donors (Lipinski definition) is 3. The molecule has 0 aliphatic carbocycles. The van der Waals surface area contributed by atoms with Gasteiger partial charge in [0, 0.05) is 32.0 Å². The summed E-state index contributed by atoms with van der Waals surface area (Å²) >= 11 is 0. The van der Waals surface area contributed by atoms with E-state index in [1.165, 1.54) is 19.1 Å². The summed E-state index contributed by atoms with van der Waals surface area (Å²) in [5.41, 5.74) is 0. The minimum atomic E-state index is -0.540. The van der Waals surface area contributed by atoms with Gasteiger partial charge in [-0.25, -0.2) is 4.79 Å². The molecule has 1 amide bonds. The van der Waals surface area contributed by atoms with Gasteiger partial charge in [-0.3, -0.25) is 4.79 Å². The summed E-state index contributed by atoms with van der Waals surface area (Å²) in [4.78, 5) is 26.8. The zero-order valence-corrected chi connectivity index (χ0v) is 10.8. The van der Waals surface area contributed by atoms with Crippen molar-refractivity contribution in [3.63, 3.8) is 0 Å². The van der Waals surface area contributed by atoms with Gasteiger partial charge in [-0.1, -0.05) is 6.42 Å². The summed E-state index contributed by atoms with van der Waals surface area (Å²) in [5.74, 6) is -1.28. The predicted molar refractivity (Wildman–Crippen MR) is 66.5 cm³/mol. The van der Waals surface area contributed by atoms with Crippen LogP contribution in [0.25, 0.3) is 0 Å². The number of carbonyl (C=O) groups excluding carboxylic acids is 2. The Morgan fingerprint density at radius 3 is 2.42 bits per heavy atom. The first-order chi connectivity index (χ1) is 9.00. The number of carbonyl (C=O) groups is 2. The molecule has 0 aromatic carbocycles. The maximum absolute atomic E-state index is 11.4. The molecule has 0 aliphatic rings. The van der Waals surface area contributed by atoms with Gasteiger partial charge in [0.15, 0.2) is 0 Å². The van der Waals surface area contributed by atoms with Gasteiger partial charge in [0.05, 0.1) is 0 Å². The zero-order chi connectivity index (χ0) is 14.3. The Kier molecular flexibility index (Phi) is 5.72. The number of amides is 1. The van der Waals surface area contributed by atoms with Crippen molar-refractivity contribution in [1.82, 2.24) is 10.0 Å². The van der Waals surface area contributed by atoms with Gasteiger partial charge in [-0.05, 0) is 12.8 Å². The molecule has 1 aromatic heterocycles. The molecule has 1 aromatic rings. The van der Waals surface area contributed by atoms with Crippen LogP contribution < -0.4 is 10.2 Å². The number of nitrogens with zero attached hydrogens (tertiary/aromatic N) is 1. The van der Waals surface area contributed by atoms with Gasteiger partial charge >= 0.3 is 5.97 Å². The molecule has 1 rings (SSSR count). The Hall–Kier alpha value is -2.18. The molecule has 0 spiro atoms. The highest BCUT2D eigenvalue weighted by molar-refractivity contribution is 5.72. The van der Waals surface area contributed by atoms with Crippen LogP contribution in [-0.4, -0.2) is 33.4 Å². The van der Waals surface area contributed by atoms with Crippen LogP contribution >= 0.6 is 0 Å². The molecule has 7 nitrogen and oxygen atoms in total. The normalized spacial score (nSPS) is 10.2. The third-order valence-corrected chi connectivity index (χ3v) is 2.42. The fourth-order valence-electron chi connectivity index (χ4n) is 1.48. The number of unbranched alkanes of at least 4 members (excludes halogenated alkanes) is 2. The van der Waals surface area contributed by atoms with E-state index < -0.39 is 5.97 Å². The van der Waals surface area contributed by atoms with Crippen molar-refractivity contribution in [2.24, 2.45) is 0 Å². The summed E-state index contributed by atoms with van der Waals surface area (Å²) in [6.45, 7) is 2.04. The molecule has 0 saturated heterocycles. The maximum atomic E-state index is 11.4. The van der Waals surface area contributed by atoms with Crippen molar-refractivity contribution in [3.05, 3.63) is 12.1 Å². The number of aromatic hydroxyl groups is 2. The summed E-state index contributed by atoms with van der Waals surface area (Å²) in [5, 5.41) is 21.2. The van der Waals surface area contributed by atoms with Crippen molar-refractivity contribution in [1.29, 1.82) is 0 Å². The second kappa shape index (κ2) is 7.30. The molecule has 0 unspecified atom stereocenters. The molecular formula is C12H18N2O5. The highest BCUT2D eigenvalue weighted by Gasteiger charge is 2.11. The van der Waals surface area contributed by atoms with Gasteiger partial charge in [-0.15, -0.1) is 4.73 Å². The lowest BCUT2D eigenvalue weighted by molar-refractivity contribution is -0.145. The van der Waals surface area contributed by atoms with Crippen LogP contribution in [0.15, 0.2) is 12.1 Å². The van der Waals surface area contributed by atoms with Crippen LogP contribution in [0.4, 0.5) is 0 Å². The molecule has 0 fully saturated rings. The van der Waals surface area contributed by atoms with Crippen LogP contribution in [0.2, 0.25) is 0 Å². The van der Waals surface area contributed by atoms with Gasteiger partial charge in [0.1, 0.15) is 0 Å². The van der Waals surface area contributed by atoms with Gasteiger partial charge in [-0.2, -0.15) is 0 Å². The molecule has 106 valence electrons. The molecule has 1 heterocycles. The first kappa shape index (κ1) is 14.9. The summed E-state index contributed by atoms with van der Waals surface area (Å²) < 4.78 is 0.666. The Labute approximate surface area is 110 Å². The second-order valence-corrected chi connectivity index (χ2v) is 4.10. The smallest absolute Gasteiger partial charge is 0.333 e. The minimum Gasteiger partial charge on any atom is -0.492 e. The fourth-order valence-corrected chi connectivity index (χ4v) is 1.48. The first-order valence-electron chi connectivity index (χ1n) is 6.06. The number of nitrogens with one attached hydrogen (secondary N) is 1. The van der Waals surface area contributed by atoms with Crippen molar-refractivity contribution >= 4 is 11.9 Å². The van der Waals surface area contributed by atoms with E-state index >= 15 is 0 Å². The van der Waals surface area contributed by atoms with Gasteiger partial charge < -0.3 is 20.4 Å². The number of rotatable bonds is 7. The topological polar surface area (TPSA) is 101 Å². The minimum absolute atomic E-state index is 0.0713. The average Bonchev–Trinajstić information content (AvgIpc) is 2.65. The Morgan fingerprint density at radius 2 is 1.84 bits per heavy atom. The molecule has 19 heavy (non-hydrogen) atoms. The van der Waals surface area contributed by atoms with E-state index in [1.54, 1.807) is 0 Å². The number of aromatic nitrogens is 1. The summed E-state index contributed by atoms with van der Waals surface area (Å²) in [6, 6.07) is 2.44. The van der Waals surface area contributed by atoms with Crippen LogP contribution in [-0.2, 0) is 9.59 Å². The van der Waals surface area contributed by atoms with Gasteiger partial charge in [0.2, 0.25) is 17.7 Å². The van der Waals surface area contributed by atoms with Crippen LogP contribution in [0.5, 0.6) is 11.8 Å².